The molecule has 1 aliphatic rings. The molecular weight excluding hydrogens is 224 g/mol. The average Bonchev–Trinajstić information content (AvgIpc) is 2.95. The summed E-state index contributed by atoms with van der Waals surface area (Å²) in [7, 11) is 0. The maximum Gasteiger partial charge on any atom is 0.150 e. The monoisotopic (exact) mass is 242 g/mol. The van der Waals surface area contributed by atoms with Crippen molar-refractivity contribution in [3.05, 3.63) is 11.1 Å². The van der Waals surface area contributed by atoms with Crippen molar-refractivity contribution in [2.45, 2.75) is 43.0 Å². The minimum atomic E-state index is 0.860. The van der Waals surface area contributed by atoms with Gasteiger partial charge in [-0.15, -0.1) is 11.3 Å². The average molecular weight is 242 g/mol. The maximum atomic E-state index is 4.43. The van der Waals surface area contributed by atoms with E-state index in [0.717, 1.165) is 11.7 Å². The van der Waals surface area contributed by atoms with Gasteiger partial charge in [-0.3, -0.25) is 0 Å². The predicted molar refractivity (Wildman–Crippen MR) is 67.8 cm³/mol. The Hall–Kier alpha value is -0.0600. The van der Waals surface area contributed by atoms with Gasteiger partial charge in [0.15, 0.2) is 0 Å². The summed E-state index contributed by atoms with van der Waals surface area (Å²) in [5.41, 5.74) is 1.15. The predicted octanol–water partition coefficient (Wildman–Crippen LogP) is 3.08. The molecule has 0 atom stereocenters. The smallest absolute Gasteiger partial charge is 0.150 e. The number of thioether (sulfide) groups is 1. The highest BCUT2D eigenvalue weighted by atomic mass is 32.2. The normalized spacial score (nSPS) is 15.8. The van der Waals surface area contributed by atoms with Crippen LogP contribution in [0.3, 0.4) is 0 Å². The molecule has 4 heteroatoms. The molecule has 0 bridgehead atoms. The molecule has 15 heavy (non-hydrogen) atoms. The highest BCUT2D eigenvalue weighted by Crippen LogP contribution is 2.23. The summed E-state index contributed by atoms with van der Waals surface area (Å²) >= 11 is 3.66. The Balaban J connectivity index is 1.47. The number of unbranched alkanes of at least 4 members (excludes halogenated alkanes) is 1. The number of aromatic nitrogens is 1. The molecule has 0 spiro atoms. The van der Waals surface area contributed by atoms with Crippen molar-refractivity contribution in [2.75, 3.05) is 12.3 Å². The zero-order chi connectivity index (χ0) is 10.5. The van der Waals surface area contributed by atoms with Crippen molar-refractivity contribution in [2.24, 2.45) is 0 Å². The lowest BCUT2D eigenvalue weighted by Crippen LogP contribution is -2.17. The van der Waals surface area contributed by atoms with E-state index in [4.69, 9.17) is 0 Å². The summed E-state index contributed by atoms with van der Waals surface area (Å²) in [6.45, 7) is 3.25. The van der Waals surface area contributed by atoms with E-state index in [0.29, 0.717) is 0 Å². The van der Waals surface area contributed by atoms with Gasteiger partial charge in [-0.05, 0) is 39.2 Å². The molecule has 0 aliphatic heterocycles. The van der Waals surface area contributed by atoms with Gasteiger partial charge < -0.3 is 5.32 Å². The molecule has 0 unspecified atom stereocenters. The zero-order valence-electron chi connectivity index (χ0n) is 9.16. The number of nitrogens with zero attached hydrogens (tertiary/aromatic N) is 1. The van der Waals surface area contributed by atoms with E-state index >= 15 is 0 Å². The Kier molecular flexibility index (Phi) is 4.47. The molecule has 0 amide bonds. The number of hydrogen-bond donors (Lipinski definition) is 1. The quantitative estimate of drug-likeness (QED) is 0.587. The van der Waals surface area contributed by atoms with Gasteiger partial charge >= 0.3 is 0 Å². The van der Waals surface area contributed by atoms with Gasteiger partial charge in [0.2, 0.25) is 0 Å². The van der Waals surface area contributed by atoms with Crippen LogP contribution < -0.4 is 5.32 Å². The van der Waals surface area contributed by atoms with Crippen LogP contribution in [0.15, 0.2) is 9.72 Å². The third kappa shape index (κ3) is 4.53. The highest BCUT2D eigenvalue weighted by Gasteiger charge is 2.19. The Labute approximate surface area is 99.9 Å². The van der Waals surface area contributed by atoms with E-state index in [1.165, 1.54) is 42.3 Å². The summed E-state index contributed by atoms with van der Waals surface area (Å²) in [4.78, 5) is 4.43. The van der Waals surface area contributed by atoms with Crippen molar-refractivity contribution in [1.29, 1.82) is 0 Å². The molecule has 0 aromatic carbocycles. The van der Waals surface area contributed by atoms with Gasteiger partial charge in [0, 0.05) is 22.9 Å². The molecule has 1 heterocycles. The molecule has 1 N–H and O–H groups in total. The number of rotatable bonds is 7. The summed E-state index contributed by atoms with van der Waals surface area (Å²) in [6, 6.07) is 0.860. The molecule has 1 fully saturated rings. The van der Waals surface area contributed by atoms with Crippen molar-refractivity contribution in [3.63, 3.8) is 0 Å². The Bertz CT molecular complexity index is 295. The highest BCUT2D eigenvalue weighted by molar-refractivity contribution is 8.00. The molecule has 2 rings (SSSR count). The molecule has 2 nitrogen and oxygen atoms in total. The van der Waals surface area contributed by atoms with Crippen LogP contribution >= 0.6 is 23.1 Å². The second-order valence-electron chi connectivity index (χ2n) is 4.04. The third-order valence-corrected chi connectivity index (χ3v) is 4.63. The Morgan fingerprint density at radius 2 is 2.40 bits per heavy atom. The lowest BCUT2D eigenvalue weighted by atomic mass is 10.3. The number of aryl methyl sites for hydroxylation is 1. The fraction of sp³-hybridized carbons (Fsp3) is 0.727. The molecule has 1 aromatic rings. The van der Waals surface area contributed by atoms with E-state index in [1.54, 1.807) is 11.3 Å². The Morgan fingerprint density at radius 3 is 3.07 bits per heavy atom. The van der Waals surface area contributed by atoms with E-state index in [-0.39, 0.29) is 0 Å². The first-order valence-corrected chi connectivity index (χ1v) is 7.49. The summed E-state index contributed by atoms with van der Waals surface area (Å²) in [5.74, 6) is 1.21. The van der Waals surface area contributed by atoms with Gasteiger partial charge in [0.1, 0.15) is 4.34 Å². The van der Waals surface area contributed by atoms with E-state index in [2.05, 4.69) is 22.6 Å². The van der Waals surface area contributed by atoms with Crippen LogP contribution in [0.2, 0.25) is 0 Å². The molecule has 0 saturated heterocycles. The molecule has 1 aromatic heterocycles. The van der Waals surface area contributed by atoms with Crippen molar-refractivity contribution in [1.82, 2.24) is 10.3 Å². The summed E-state index contributed by atoms with van der Waals surface area (Å²) in [5, 5.41) is 5.66. The second kappa shape index (κ2) is 5.87. The lowest BCUT2D eigenvalue weighted by Gasteiger charge is -2.01. The number of thiazole rings is 1. The van der Waals surface area contributed by atoms with E-state index < -0.39 is 0 Å². The molecule has 1 saturated carbocycles. The fourth-order valence-corrected chi connectivity index (χ4v) is 3.30. The molecule has 1 aliphatic carbocycles. The second-order valence-corrected chi connectivity index (χ2v) is 6.24. The minimum Gasteiger partial charge on any atom is -0.314 e. The first kappa shape index (κ1) is 11.4. The largest absolute Gasteiger partial charge is 0.314 e. The molecular formula is C11H18N2S2. The lowest BCUT2D eigenvalue weighted by molar-refractivity contribution is 0.640. The van der Waals surface area contributed by atoms with Crippen LogP contribution in [0.1, 0.15) is 31.4 Å². The number of nitrogens with one attached hydrogen (secondary N) is 1. The van der Waals surface area contributed by atoms with E-state index in [1.807, 2.05) is 11.8 Å². The molecule has 84 valence electrons. The van der Waals surface area contributed by atoms with Crippen LogP contribution in [-0.4, -0.2) is 23.3 Å². The zero-order valence-corrected chi connectivity index (χ0v) is 10.8. The standard InChI is InChI=1S/C11H18N2S2/c1-9-8-15-11(13-9)14-7-3-2-6-12-10-4-5-10/h8,10,12H,2-7H2,1H3. The van der Waals surface area contributed by atoms with Gasteiger partial charge in [0.05, 0.1) is 0 Å². The van der Waals surface area contributed by atoms with Crippen molar-refractivity contribution < 1.29 is 0 Å². The first-order chi connectivity index (χ1) is 7.34. The SMILES string of the molecule is Cc1csc(SCCCCNC2CC2)n1. The summed E-state index contributed by atoms with van der Waals surface area (Å²) in [6.07, 6.45) is 5.39. The van der Waals surface area contributed by atoms with Crippen LogP contribution in [0.25, 0.3) is 0 Å². The number of hydrogen-bond acceptors (Lipinski definition) is 4. The van der Waals surface area contributed by atoms with Gasteiger partial charge in [-0.25, -0.2) is 4.98 Å². The summed E-state index contributed by atoms with van der Waals surface area (Å²) < 4.78 is 1.22. The fourth-order valence-electron chi connectivity index (χ4n) is 1.38. The van der Waals surface area contributed by atoms with Crippen LogP contribution in [-0.2, 0) is 0 Å². The molecule has 0 radical (unpaired) electrons. The van der Waals surface area contributed by atoms with Crippen LogP contribution in [0.5, 0.6) is 0 Å². The maximum absolute atomic E-state index is 4.43. The van der Waals surface area contributed by atoms with Crippen molar-refractivity contribution in [3.8, 4) is 0 Å². The third-order valence-electron chi connectivity index (χ3n) is 2.40. The van der Waals surface area contributed by atoms with Crippen LogP contribution in [0.4, 0.5) is 0 Å². The van der Waals surface area contributed by atoms with Gasteiger partial charge in [-0.2, -0.15) is 0 Å². The van der Waals surface area contributed by atoms with E-state index in [9.17, 15) is 0 Å². The van der Waals surface area contributed by atoms with Crippen LogP contribution in [0, 0.1) is 6.92 Å². The topological polar surface area (TPSA) is 24.9 Å². The minimum absolute atomic E-state index is 0.860. The van der Waals surface area contributed by atoms with Gasteiger partial charge in [-0.1, -0.05) is 11.8 Å². The van der Waals surface area contributed by atoms with Crippen molar-refractivity contribution >= 4 is 23.1 Å². The first-order valence-electron chi connectivity index (χ1n) is 5.63. The Morgan fingerprint density at radius 1 is 1.53 bits per heavy atom. The van der Waals surface area contributed by atoms with Gasteiger partial charge in [0.25, 0.3) is 0 Å².